The molecular weight excluding hydrogens is 224 g/mol. The third kappa shape index (κ3) is 2.32. The number of nitrogens with two attached hydrogens (primary N) is 1. The number of rotatable bonds is 4. The molecule has 0 amide bonds. The first kappa shape index (κ1) is 12.8. The molecular formula is C14H20N4. The first-order chi connectivity index (χ1) is 8.58. The van der Waals surface area contributed by atoms with E-state index in [1.165, 1.54) is 12.8 Å². The Morgan fingerprint density at radius 1 is 1.56 bits per heavy atom. The second-order valence-electron chi connectivity index (χ2n) is 5.11. The van der Waals surface area contributed by atoms with Gasteiger partial charge in [-0.05, 0) is 38.7 Å². The first-order valence-electron chi connectivity index (χ1n) is 6.39. The Hall–Kier alpha value is -1.60. The van der Waals surface area contributed by atoms with Gasteiger partial charge < -0.3 is 10.6 Å². The van der Waals surface area contributed by atoms with E-state index in [4.69, 9.17) is 5.73 Å². The Labute approximate surface area is 108 Å². The topological polar surface area (TPSA) is 65.9 Å². The van der Waals surface area contributed by atoms with E-state index in [-0.39, 0.29) is 0 Å². The van der Waals surface area contributed by atoms with Gasteiger partial charge in [0.1, 0.15) is 6.07 Å². The average molecular weight is 244 g/mol. The van der Waals surface area contributed by atoms with Crippen molar-refractivity contribution >= 4 is 5.69 Å². The number of aryl methyl sites for hydroxylation is 2. The fourth-order valence-electron chi connectivity index (χ4n) is 2.55. The lowest BCUT2D eigenvalue weighted by Crippen LogP contribution is -2.40. The summed E-state index contributed by atoms with van der Waals surface area (Å²) in [5.41, 5.74) is 9.25. The fraction of sp³-hybridized carbons (Fsp3) is 0.571. The number of hydrogen-bond donors (Lipinski definition) is 1. The van der Waals surface area contributed by atoms with E-state index in [0.29, 0.717) is 24.1 Å². The highest BCUT2D eigenvalue weighted by atomic mass is 15.2. The first-order valence-corrected chi connectivity index (χ1v) is 6.39. The van der Waals surface area contributed by atoms with Gasteiger partial charge in [-0.25, -0.2) is 0 Å². The van der Waals surface area contributed by atoms with Crippen LogP contribution in [0.3, 0.4) is 0 Å². The minimum absolute atomic E-state index is 0.332. The monoisotopic (exact) mass is 244 g/mol. The molecule has 1 fully saturated rings. The molecule has 0 radical (unpaired) electrons. The summed E-state index contributed by atoms with van der Waals surface area (Å²) in [5.74, 6) is 0.681. The van der Waals surface area contributed by atoms with Gasteiger partial charge in [0.15, 0.2) is 0 Å². The highest BCUT2D eigenvalue weighted by molar-refractivity contribution is 5.62. The molecule has 0 spiro atoms. The zero-order chi connectivity index (χ0) is 13.3. The average Bonchev–Trinajstić information content (AvgIpc) is 3.13. The summed E-state index contributed by atoms with van der Waals surface area (Å²) in [5, 5.41) is 9.30. The number of anilines is 1. The molecule has 18 heavy (non-hydrogen) atoms. The van der Waals surface area contributed by atoms with Gasteiger partial charge in [-0.1, -0.05) is 0 Å². The van der Waals surface area contributed by atoms with Gasteiger partial charge in [-0.3, -0.25) is 4.98 Å². The van der Waals surface area contributed by atoms with Crippen LogP contribution in [0.1, 0.15) is 29.8 Å². The number of nitrogens with zero attached hydrogens (tertiary/aromatic N) is 3. The van der Waals surface area contributed by atoms with Crippen LogP contribution in [0.25, 0.3) is 0 Å². The number of pyridine rings is 1. The van der Waals surface area contributed by atoms with E-state index >= 15 is 0 Å². The van der Waals surface area contributed by atoms with Crippen LogP contribution in [0, 0.1) is 31.1 Å². The highest BCUT2D eigenvalue weighted by Gasteiger charge is 2.33. The summed E-state index contributed by atoms with van der Waals surface area (Å²) in [7, 11) is 2.03. The molecule has 1 aliphatic carbocycles. The molecule has 2 N–H and O–H groups in total. The van der Waals surface area contributed by atoms with Crippen LogP contribution in [-0.4, -0.2) is 24.6 Å². The molecule has 2 rings (SSSR count). The zero-order valence-electron chi connectivity index (χ0n) is 11.3. The number of hydrogen-bond acceptors (Lipinski definition) is 4. The SMILES string of the molecule is Cc1cc(N(C)C(CN)C2CC2)c(C#N)c(C)n1. The number of likely N-dealkylation sites (N-methyl/N-ethyl adjacent to an activating group) is 1. The molecule has 1 aliphatic rings. The molecule has 1 unspecified atom stereocenters. The Kier molecular flexibility index (Phi) is 3.53. The van der Waals surface area contributed by atoms with Crippen molar-refractivity contribution in [1.82, 2.24) is 4.98 Å². The zero-order valence-corrected chi connectivity index (χ0v) is 11.3. The van der Waals surface area contributed by atoms with Crippen molar-refractivity contribution in [1.29, 1.82) is 5.26 Å². The molecule has 1 heterocycles. The summed E-state index contributed by atoms with van der Waals surface area (Å²) in [6, 6.07) is 4.58. The van der Waals surface area contributed by atoms with Gasteiger partial charge in [0.25, 0.3) is 0 Å². The molecule has 4 nitrogen and oxygen atoms in total. The molecule has 1 aromatic heterocycles. The largest absolute Gasteiger partial charge is 0.369 e. The lowest BCUT2D eigenvalue weighted by atomic mass is 10.1. The van der Waals surface area contributed by atoms with E-state index in [1.54, 1.807) is 0 Å². The highest BCUT2D eigenvalue weighted by Crippen LogP contribution is 2.37. The Balaban J connectivity index is 2.39. The molecule has 4 heteroatoms. The summed E-state index contributed by atoms with van der Waals surface area (Å²) in [4.78, 5) is 6.52. The van der Waals surface area contributed by atoms with E-state index in [0.717, 1.165) is 17.1 Å². The van der Waals surface area contributed by atoms with Gasteiger partial charge in [0, 0.05) is 25.3 Å². The smallest absolute Gasteiger partial charge is 0.103 e. The van der Waals surface area contributed by atoms with Crippen molar-refractivity contribution < 1.29 is 0 Å². The Morgan fingerprint density at radius 2 is 2.22 bits per heavy atom. The lowest BCUT2D eigenvalue weighted by molar-refractivity contribution is 0.570. The molecule has 0 bridgehead atoms. The third-order valence-corrected chi connectivity index (χ3v) is 3.70. The van der Waals surface area contributed by atoms with Crippen molar-refractivity contribution in [2.24, 2.45) is 11.7 Å². The van der Waals surface area contributed by atoms with Crippen molar-refractivity contribution in [3.8, 4) is 6.07 Å². The minimum atomic E-state index is 0.332. The van der Waals surface area contributed by atoms with Crippen LogP contribution in [-0.2, 0) is 0 Å². The van der Waals surface area contributed by atoms with Gasteiger partial charge >= 0.3 is 0 Å². The second-order valence-corrected chi connectivity index (χ2v) is 5.11. The van der Waals surface area contributed by atoms with Crippen molar-refractivity contribution in [2.45, 2.75) is 32.7 Å². The van der Waals surface area contributed by atoms with Crippen LogP contribution < -0.4 is 10.6 Å². The minimum Gasteiger partial charge on any atom is -0.369 e. The molecule has 0 saturated heterocycles. The number of nitriles is 1. The van der Waals surface area contributed by atoms with E-state index in [2.05, 4.69) is 16.0 Å². The maximum atomic E-state index is 9.30. The van der Waals surface area contributed by atoms with Crippen LogP contribution in [0.2, 0.25) is 0 Å². The molecule has 96 valence electrons. The Bertz CT molecular complexity index is 485. The standard InChI is InChI=1S/C14H20N4/c1-9-6-13(12(7-15)10(2)17-9)18(3)14(8-16)11-4-5-11/h6,11,14H,4-5,8,16H2,1-3H3. The summed E-state index contributed by atoms with van der Waals surface area (Å²) in [6.07, 6.45) is 2.49. The molecule has 1 atom stereocenters. The summed E-state index contributed by atoms with van der Waals surface area (Å²) in [6.45, 7) is 4.48. The van der Waals surface area contributed by atoms with Crippen molar-refractivity contribution in [3.63, 3.8) is 0 Å². The molecule has 1 saturated carbocycles. The number of aromatic nitrogens is 1. The predicted octanol–water partition coefficient (Wildman–Crippen LogP) is 1.74. The van der Waals surface area contributed by atoms with Gasteiger partial charge in [-0.15, -0.1) is 0 Å². The maximum absolute atomic E-state index is 9.30. The lowest BCUT2D eigenvalue weighted by Gasteiger charge is -2.30. The molecule has 0 aromatic carbocycles. The van der Waals surface area contributed by atoms with Crippen molar-refractivity contribution in [2.75, 3.05) is 18.5 Å². The predicted molar refractivity (Wildman–Crippen MR) is 72.4 cm³/mol. The molecule has 0 aliphatic heterocycles. The van der Waals surface area contributed by atoms with E-state index < -0.39 is 0 Å². The quantitative estimate of drug-likeness (QED) is 0.876. The van der Waals surface area contributed by atoms with Gasteiger partial charge in [-0.2, -0.15) is 5.26 Å². The van der Waals surface area contributed by atoms with Crippen LogP contribution in [0.4, 0.5) is 5.69 Å². The third-order valence-electron chi connectivity index (χ3n) is 3.70. The normalized spacial score (nSPS) is 16.2. The second kappa shape index (κ2) is 4.95. The van der Waals surface area contributed by atoms with Gasteiger partial charge in [0.2, 0.25) is 0 Å². The van der Waals surface area contributed by atoms with E-state index in [9.17, 15) is 5.26 Å². The Morgan fingerprint density at radius 3 is 2.72 bits per heavy atom. The van der Waals surface area contributed by atoms with Crippen molar-refractivity contribution in [3.05, 3.63) is 23.0 Å². The maximum Gasteiger partial charge on any atom is 0.103 e. The van der Waals surface area contributed by atoms with Crippen LogP contribution in [0.5, 0.6) is 0 Å². The van der Waals surface area contributed by atoms with E-state index in [1.807, 2.05) is 27.0 Å². The fourth-order valence-corrected chi connectivity index (χ4v) is 2.55. The van der Waals surface area contributed by atoms with Crippen LogP contribution >= 0.6 is 0 Å². The molecule has 1 aromatic rings. The van der Waals surface area contributed by atoms with Crippen LogP contribution in [0.15, 0.2) is 6.07 Å². The summed E-state index contributed by atoms with van der Waals surface area (Å²) < 4.78 is 0. The van der Waals surface area contributed by atoms with Gasteiger partial charge in [0.05, 0.1) is 16.9 Å². The summed E-state index contributed by atoms with van der Waals surface area (Å²) >= 11 is 0.